The molecule has 0 fully saturated rings. The van der Waals surface area contributed by atoms with Crippen molar-refractivity contribution < 1.29 is 61.6 Å². The number of benzene rings is 4. The number of halogens is 9. The van der Waals surface area contributed by atoms with E-state index >= 15 is 0 Å². The molecule has 22 heteroatoms. The molecule has 9 aromatic rings. The molecule has 0 radical (unpaired) electrons. The molecule has 0 aliphatic rings. The van der Waals surface area contributed by atoms with E-state index in [0.717, 1.165) is 46.9 Å². The number of nitrogens with zero attached hydrogens (tertiary/aromatic N) is 7. The third-order valence-electron chi connectivity index (χ3n) is 9.55. The summed E-state index contributed by atoms with van der Waals surface area (Å²) in [5, 5.41) is 1.79. The van der Waals surface area contributed by atoms with Crippen LogP contribution in [-0.4, -0.2) is 48.8 Å². The quantitative estimate of drug-likeness (QED) is 0.0769. The van der Waals surface area contributed by atoms with E-state index in [0.29, 0.717) is 39.7 Å². The van der Waals surface area contributed by atoms with Crippen LogP contribution in [0.4, 0.5) is 39.5 Å². The molecule has 0 amide bonds. The van der Waals surface area contributed by atoms with Crippen molar-refractivity contribution in [1.29, 1.82) is 0 Å². The molecule has 0 unspecified atom stereocenters. The van der Waals surface area contributed by atoms with Crippen molar-refractivity contribution in [2.24, 2.45) is 0 Å². The van der Waals surface area contributed by atoms with Crippen LogP contribution in [0.2, 0.25) is 0 Å². The first-order valence-electron chi connectivity index (χ1n) is 19.3. The van der Waals surface area contributed by atoms with Gasteiger partial charge in [-0.25, -0.2) is 19.9 Å². The normalized spacial score (nSPS) is 12.0. The molecule has 4 aromatic carbocycles. The predicted octanol–water partition coefficient (Wildman–Crippen LogP) is 12.3. The van der Waals surface area contributed by atoms with Crippen molar-refractivity contribution in [2.75, 3.05) is 0 Å². The summed E-state index contributed by atoms with van der Waals surface area (Å²) >= 11 is 0. The second-order valence-corrected chi connectivity index (χ2v) is 15.6. The number of pyridine rings is 3. The van der Waals surface area contributed by atoms with Crippen LogP contribution in [0, 0.1) is 0 Å². The fourth-order valence-corrected chi connectivity index (χ4v) is 6.86. The summed E-state index contributed by atoms with van der Waals surface area (Å²) in [5.41, 5.74) is -5.59. The van der Waals surface area contributed by atoms with Gasteiger partial charge in [0.25, 0.3) is 0 Å². The van der Waals surface area contributed by atoms with Crippen LogP contribution < -0.4 is 13.7 Å². The Morgan fingerprint density at radius 2 is 0.985 bits per heavy atom. The van der Waals surface area contributed by atoms with Crippen LogP contribution in [0.5, 0.6) is 29.0 Å². The van der Waals surface area contributed by atoms with Crippen LogP contribution in [0.15, 0.2) is 159 Å². The van der Waals surface area contributed by atoms with E-state index in [4.69, 9.17) is 9.47 Å². The molecule has 0 aliphatic carbocycles. The van der Waals surface area contributed by atoms with Crippen LogP contribution in [0.1, 0.15) is 11.1 Å². The van der Waals surface area contributed by atoms with Crippen LogP contribution in [-0.2, 0) is 22.5 Å². The smallest absolute Gasteiger partial charge is 0.439 e. The molecule has 5 aromatic heterocycles. The Balaban J connectivity index is 0.000000184. The van der Waals surface area contributed by atoms with Gasteiger partial charge in [-0.2, -0.15) is 47.9 Å². The number of rotatable bonds is 9. The van der Waals surface area contributed by atoms with Gasteiger partial charge in [0.05, 0.1) is 33.5 Å². The minimum absolute atomic E-state index is 0.130. The van der Waals surface area contributed by atoms with Gasteiger partial charge in [-0.1, -0.05) is 24.3 Å². The number of ether oxygens (including phenoxy) is 2. The number of hydrogen-bond acceptors (Lipinski definition) is 12. The molecular weight excluding hydrogens is 934 g/mol. The molecule has 9 rings (SSSR count). The van der Waals surface area contributed by atoms with Crippen molar-refractivity contribution in [1.82, 2.24) is 34.9 Å². The molecule has 0 atom stereocenters. The lowest BCUT2D eigenvalue weighted by molar-refractivity contribution is -0.138. The zero-order valence-electron chi connectivity index (χ0n) is 34.0. The lowest BCUT2D eigenvalue weighted by Gasteiger charge is -2.15. The van der Waals surface area contributed by atoms with E-state index in [-0.39, 0.29) is 29.3 Å². The summed E-state index contributed by atoms with van der Waals surface area (Å²) < 4.78 is 156. The van der Waals surface area contributed by atoms with Gasteiger partial charge >= 0.3 is 28.0 Å². The lowest BCUT2D eigenvalue weighted by Crippen LogP contribution is -2.28. The fraction of sp³-hybridized carbons (Fsp3) is 0.0652. The highest BCUT2D eigenvalue weighted by molar-refractivity contribution is 7.88. The summed E-state index contributed by atoms with van der Waals surface area (Å²) in [7, 11) is -6.27. The van der Waals surface area contributed by atoms with Crippen molar-refractivity contribution in [2.45, 2.75) is 17.9 Å². The monoisotopic (exact) mass is 959 g/mol. The summed E-state index contributed by atoms with van der Waals surface area (Å²) in [6, 6.07) is 28.7. The number of aromatic nitrogens is 7. The minimum atomic E-state index is -6.27. The van der Waals surface area contributed by atoms with Gasteiger partial charge < -0.3 is 13.7 Å². The highest BCUT2D eigenvalue weighted by Crippen LogP contribution is 2.41. The topological polar surface area (TPSA) is 152 Å². The highest BCUT2D eigenvalue weighted by atomic mass is 32.2. The second-order valence-electron chi connectivity index (χ2n) is 14.1. The minimum Gasteiger partial charge on any atom is -0.439 e. The largest absolute Gasteiger partial charge is 0.534 e. The molecule has 0 N–H and O–H groups in total. The Kier molecular flexibility index (Phi) is 12.6. The molecule has 0 aliphatic heterocycles. The Morgan fingerprint density at radius 1 is 0.471 bits per heavy atom. The maximum atomic E-state index is 13.4. The Morgan fingerprint density at radius 3 is 1.50 bits per heavy atom. The first kappa shape index (κ1) is 46.3. The molecule has 0 saturated heterocycles. The molecule has 0 spiro atoms. The zero-order chi connectivity index (χ0) is 48.3. The summed E-state index contributed by atoms with van der Waals surface area (Å²) in [6.07, 6.45) is -0.873. The van der Waals surface area contributed by atoms with Crippen molar-refractivity contribution in [3.05, 3.63) is 170 Å². The predicted molar refractivity (Wildman–Crippen MR) is 227 cm³/mol. The summed E-state index contributed by atoms with van der Waals surface area (Å²) in [6.45, 7) is 0. The van der Waals surface area contributed by atoms with E-state index < -0.39 is 50.4 Å². The van der Waals surface area contributed by atoms with Crippen molar-refractivity contribution in [3.8, 4) is 62.7 Å². The van der Waals surface area contributed by atoms with E-state index in [1.807, 2.05) is 24.3 Å². The van der Waals surface area contributed by atoms with Crippen LogP contribution in [0.3, 0.4) is 0 Å². The molecular formula is C46H26F9N7O5S. The molecule has 68 heavy (non-hydrogen) atoms. The van der Waals surface area contributed by atoms with E-state index in [9.17, 15) is 47.9 Å². The van der Waals surface area contributed by atoms with E-state index in [2.05, 4.69) is 39.1 Å². The van der Waals surface area contributed by atoms with Crippen LogP contribution in [0.25, 0.3) is 55.4 Å². The molecule has 12 nitrogen and oxygen atoms in total. The number of fused-ring (bicyclic) bond motifs is 2. The van der Waals surface area contributed by atoms with Gasteiger partial charge in [-0.15, -0.1) is 0 Å². The molecule has 344 valence electrons. The lowest BCUT2D eigenvalue weighted by atomic mass is 9.96. The summed E-state index contributed by atoms with van der Waals surface area (Å²) in [5.74, 6) is -0.283. The molecule has 5 heterocycles. The van der Waals surface area contributed by atoms with E-state index in [1.54, 1.807) is 73.2 Å². The third kappa shape index (κ3) is 10.7. The second kappa shape index (κ2) is 18.5. The fourth-order valence-electron chi connectivity index (χ4n) is 6.40. The van der Waals surface area contributed by atoms with Gasteiger partial charge in [0.15, 0.2) is 5.75 Å². The maximum absolute atomic E-state index is 13.4. The Bertz CT molecular complexity index is 3400. The van der Waals surface area contributed by atoms with Gasteiger partial charge in [-0.05, 0) is 78.4 Å². The van der Waals surface area contributed by atoms with Crippen molar-refractivity contribution >= 4 is 31.9 Å². The van der Waals surface area contributed by atoms with Gasteiger partial charge in [0, 0.05) is 76.5 Å². The molecule has 0 bridgehead atoms. The van der Waals surface area contributed by atoms with Gasteiger partial charge in [-0.3, -0.25) is 15.0 Å². The zero-order valence-corrected chi connectivity index (χ0v) is 34.8. The average Bonchev–Trinajstić information content (AvgIpc) is 3.31. The maximum Gasteiger partial charge on any atom is 0.534 e. The summed E-state index contributed by atoms with van der Waals surface area (Å²) in [4.78, 5) is 28.6. The standard InChI is InChI=1S/C25H15F3N4O.C21H11F6N3O4S/c26-25(27,28)18-6-8-20(21(11-18)17-4-1-9-29-14-17)23-13-24(32-15-31-23)33-19-7-5-16-3-2-10-30-22(16)12-19;22-20(23,24)13-4-6-15(18(8-13)34-35(31,32)21(25,26)27)17-10-19(30-11-29-17)33-14-5-3-12-2-1-7-28-16(12)9-14/h1-15H;1-11H. The van der Waals surface area contributed by atoms with Crippen molar-refractivity contribution in [3.63, 3.8) is 0 Å². The number of hydrogen-bond donors (Lipinski definition) is 0. The highest BCUT2D eigenvalue weighted by Gasteiger charge is 2.49. The Hall–Kier alpha value is -8.27. The Labute approximate surface area is 377 Å². The SMILES string of the molecule is FC(F)(F)c1ccc(-c2cc(Oc3ccc4cccnc4c3)ncn2)c(-c2cccnc2)c1.O=S(=O)(Oc1cc(C(F)(F)F)ccc1-c1cc(Oc2ccc3cccnc3c2)ncn1)C(F)(F)F. The van der Waals surface area contributed by atoms with Gasteiger partial charge in [0.1, 0.15) is 24.2 Å². The first-order valence-corrected chi connectivity index (χ1v) is 20.8. The van der Waals surface area contributed by atoms with Crippen LogP contribution >= 0.6 is 0 Å². The third-order valence-corrected chi connectivity index (χ3v) is 10.5. The average molecular weight is 960 g/mol. The first-order chi connectivity index (χ1) is 32.3. The number of alkyl halides is 9. The molecule has 0 saturated carbocycles. The van der Waals surface area contributed by atoms with E-state index in [1.165, 1.54) is 18.6 Å². The van der Waals surface area contributed by atoms with Gasteiger partial charge in [0.2, 0.25) is 11.8 Å².